The smallest absolute Gasteiger partial charge is 0.135 e. The van der Waals surface area contributed by atoms with E-state index in [-0.39, 0.29) is 11.1 Å². The van der Waals surface area contributed by atoms with Crippen LogP contribution < -0.4 is 19.3 Å². The van der Waals surface area contributed by atoms with E-state index in [1.165, 1.54) is 36.4 Å². The van der Waals surface area contributed by atoms with Crippen molar-refractivity contribution in [2.45, 2.75) is 10.8 Å². The zero-order valence-electron chi connectivity index (χ0n) is 60.1. The second-order valence-electron chi connectivity index (χ2n) is 28.4. The molecule has 0 fully saturated rings. The summed E-state index contributed by atoms with van der Waals surface area (Å²) < 4.78 is 95.0. The van der Waals surface area contributed by atoms with Crippen LogP contribution in [0.4, 0.5) is 51.7 Å². The van der Waals surface area contributed by atoms with Gasteiger partial charge in [0, 0.05) is 66.8 Å². The van der Waals surface area contributed by atoms with Gasteiger partial charge in [-0.3, -0.25) is 0 Å². The molecule has 2 heterocycles. The number of ether oxygens (including phenoxy) is 2. The summed E-state index contributed by atoms with van der Waals surface area (Å²) in [5.41, 5.74) is 15.8. The first-order chi connectivity index (χ1) is 55.0. The molecule has 2 aromatic heterocycles. The number of rotatable bonds is 17. The molecule has 6 nitrogen and oxygen atoms in total. The summed E-state index contributed by atoms with van der Waals surface area (Å²) in [6.07, 6.45) is 3.55. The highest BCUT2D eigenvalue weighted by atomic mass is 19.1. The number of hydrogen-bond donors (Lipinski definition) is 0. The molecule has 112 heavy (non-hydrogen) atoms. The second kappa shape index (κ2) is 26.7. The van der Waals surface area contributed by atoms with Gasteiger partial charge in [0.2, 0.25) is 0 Å². The Labute approximate surface area is 643 Å². The van der Waals surface area contributed by atoms with E-state index in [1.54, 1.807) is 12.2 Å². The highest BCUT2D eigenvalue weighted by molar-refractivity contribution is 6.08. The van der Waals surface area contributed by atoms with Crippen molar-refractivity contribution in [2.24, 2.45) is 0 Å². The molecule has 18 aromatic rings. The van der Waals surface area contributed by atoms with Crippen LogP contribution in [-0.4, -0.2) is 0 Å². The summed E-state index contributed by atoms with van der Waals surface area (Å²) in [5, 5.41) is 3.76. The van der Waals surface area contributed by atoms with Gasteiger partial charge in [-0.15, -0.1) is 0 Å². The quantitative estimate of drug-likeness (QED) is 0.0847. The van der Waals surface area contributed by atoms with E-state index in [9.17, 15) is 0 Å². The summed E-state index contributed by atoms with van der Waals surface area (Å²) in [4.78, 5) is 4.37. The average Bonchev–Trinajstić information content (AvgIpc) is 1.61. The monoisotopic (exact) mass is 1460 g/mol. The van der Waals surface area contributed by atoms with Crippen molar-refractivity contribution < 1.29 is 35.9 Å². The van der Waals surface area contributed by atoms with E-state index < -0.39 is 34.1 Å². The van der Waals surface area contributed by atoms with Crippen molar-refractivity contribution >= 4 is 90.2 Å². The first-order valence-corrected chi connectivity index (χ1v) is 37.1. The van der Waals surface area contributed by atoms with Gasteiger partial charge in [-0.25, -0.2) is 17.6 Å². The molecule has 0 saturated heterocycles. The van der Waals surface area contributed by atoms with Gasteiger partial charge in [-0.1, -0.05) is 207 Å². The van der Waals surface area contributed by atoms with E-state index in [2.05, 4.69) is 132 Å². The van der Waals surface area contributed by atoms with Crippen molar-refractivity contribution in [1.82, 2.24) is 0 Å². The molecule has 2 aliphatic carbocycles. The number of halogens is 4. The first-order valence-electron chi connectivity index (χ1n) is 37.1. The molecule has 20 rings (SSSR count). The number of hydrogen-bond acceptors (Lipinski definition) is 6. The number of benzene rings is 16. The van der Waals surface area contributed by atoms with E-state index in [0.29, 0.717) is 45.3 Å². The van der Waals surface area contributed by atoms with E-state index in [1.807, 2.05) is 206 Å². The van der Waals surface area contributed by atoms with Crippen molar-refractivity contribution in [3.05, 3.63) is 444 Å². The molecule has 0 radical (unpaired) electrons. The van der Waals surface area contributed by atoms with Crippen LogP contribution in [0.3, 0.4) is 0 Å². The van der Waals surface area contributed by atoms with Crippen LogP contribution in [0.2, 0.25) is 0 Å². The van der Waals surface area contributed by atoms with Gasteiger partial charge in [-0.2, -0.15) is 0 Å². The highest BCUT2D eigenvalue weighted by Crippen LogP contribution is 2.61. The predicted molar refractivity (Wildman–Crippen MR) is 443 cm³/mol. The summed E-state index contributed by atoms with van der Waals surface area (Å²) in [5.74, 6) is -0.365. The Hall–Kier alpha value is -14.5. The Morgan fingerprint density at radius 3 is 0.964 bits per heavy atom. The van der Waals surface area contributed by atoms with Gasteiger partial charge >= 0.3 is 0 Å². The van der Waals surface area contributed by atoms with Gasteiger partial charge in [0.15, 0.2) is 0 Å². The summed E-state index contributed by atoms with van der Waals surface area (Å²) in [6, 6.07) is 112. The molecule has 0 amide bonds. The number of furan rings is 2. The van der Waals surface area contributed by atoms with Gasteiger partial charge in [-0.05, 0) is 248 Å². The number of fused-ring (bicyclic) bond motifs is 12. The summed E-state index contributed by atoms with van der Waals surface area (Å²) >= 11 is 0. The second-order valence-corrected chi connectivity index (χ2v) is 28.4. The topological polar surface area (TPSA) is 51.2 Å². The molecule has 2 aliphatic rings. The fourth-order valence-corrected chi connectivity index (χ4v) is 17.3. The SMILES string of the molecule is C=Cc1ccc(Oc2ccc(C3(c4c(F)cccc4F)c4ccccc4-c4ccc(N(c5ccc(-c6ccc(N(c7ccc8c(c7)C(c7ccc(Oc9ccc(C=C)cc9)cc7)(c7c(F)cccc7F)c7ccccc7-8)c7ccc8oc9ccccc9c8c7)cc6)cc5)c5ccc6oc7ccccc7c6c5)cc43)cc2)cc1. The Morgan fingerprint density at radius 1 is 0.268 bits per heavy atom. The normalized spacial score (nSPS) is 14.6. The molecular formula is C102H64F4N2O4. The third-order valence-electron chi connectivity index (χ3n) is 22.3. The molecule has 0 spiro atoms. The third-order valence-corrected chi connectivity index (χ3v) is 22.3. The molecule has 534 valence electrons. The fourth-order valence-electron chi connectivity index (χ4n) is 17.3. The van der Waals surface area contributed by atoms with Crippen LogP contribution in [0.25, 0.3) is 89.4 Å². The molecule has 2 unspecified atom stereocenters. The van der Waals surface area contributed by atoms with Crippen LogP contribution in [-0.2, 0) is 10.8 Å². The first kappa shape index (κ1) is 66.9. The van der Waals surface area contributed by atoms with Gasteiger partial charge in [0.25, 0.3) is 0 Å². The zero-order chi connectivity index (χ0) is 75.3. The Balaban J connectivity index is 0.714. The van der Waals surface area contributed by atoms with Crippen molar-refractivity contribution in [1.29, 1.82) is 0 Å². The largest absolute Gasteiger partial charge is 0.457 e. The van der Waals surface area contributed by atoms with Crippen LogP contribution >= 0.6 is 0 Å². The lowest BCUT2D eigenvalue weighted by atomic mass is 9.67. The number of nitrogens with zero attached hydrogens (tertiary/aromatic N) is 2. The fraction of sp³-hybridized carbons (Fsp3) is 0.0196. The maximum atomic E-state index is 17.4. The lowest BCUT2D eigenvalue weighted by Gasteiger charge is -2.35. The van der Waals surface area contributed by atoms with Crippen molar-refractivity contribution in [2.75, 3.05) is 9.80 Å². The van der Waals surface area contributed by atoms with Crippen LogP contribution in [0.1, 0.15) is 55.6 Å². The van der Waals surface area contributed by atoms with Crippen LogP contribution in [0, 0.1) is 23.3 Å². The summed E-state index contributed by atoms with van der Waals surface area (Å²) in [7, 11) is 0. The predicted octanol–water partition coefficient (Wildman–Crippen LogP) is 28.2. The van der Waals surface area contributed by atoms with E-state index in [0.717, 1.165) is 134 Å². The summed E-state index contributed by atoms with van der Waals surface area (Å²) in [6.45, 7) is 7.78. The number of para-hydroxylation sites is 2. The van der Waals surface area contributed by atoms with Gasteiger partial charge in [0.1, 0.15) is 68.6 Å². The number of anilines is 6. The van der Waals surface area contributed by atoms with Gasteiger partial charge < -0.3 is 28.1 Å². The van der Waals surface area contributed by atoms with E-state index >= 15 is 17.6 Å². The van der Waals surface area contributed by atoms with Gasteiger partial charge in [0.05, 0.1) is 10.8 Å². The average molecular weight is 1460 g/mol. The maximum absolute atomic E-state index is 17.4. The minimum absolute atomic E-state index is 0.0936. The minimum Gasteiger partial charge on any atom is -0.457 e. The molecule has 16 aromatic carbocycles. The lowest BCUT2D eigenvalue weighted by molar-refractivity contribution is 0.481. The zero-order valence-corrected chi connectivity index (χ0v) is 60.1. The van der Waals surface area contributed by atoms with Crippen molar-refractivity contribution in [3.8, 4) is 56.4 Å². The van der Waals surface area contributed by atoms with Crippen molar-refractivity contribution in [3.63, 3.8) is 0 Å². The Kier molecular flexibility index (Phi) is 16.0. The lowest BCUT2D eigenvalue weighted by Crippen LogP contribution is -2.31. The van der Waals surface area contributed by atoms with Crippen LogP contribution in [0.5, 0.6) is 23.0 Å². The molecule has 0 bridgehead atoms. The standard InChI is InChI=1S/C102H64F4N2O4/c1-3-63-27-47-75(48-28-63)109-77-51-35-67(36-52-77)101(99-91(103)21-13-22-92(99)104)87-19-9-5-15-79(87)81-55-43-73(61-89(81)101)107(71-45-57-97-85(59-71)83-17-7-11-25-95(83)111-97)69-39-31-65(32-40-69)66-33-41-70(42-34-66)108(72-46-58-98-86(60-72)84-18-8-12-26-96(84)112-98)74-44-56-82-80-16-6-10-20-88(80)102(90(82)62-74,100-93(105)23-14-24-94(100)106)68-37-53-78(54-38-68)110-76-49-29-64(4-2)30-50-76/h3-62H,1-2H2. The Bertz CT molecular complexity index is 6340. The van der Waals surface area contributed by atoms with Crippen LogP contribution in [0.15, 0.2) is 374 Å². The molecule has 0 N–H and O–H groups in total. The molecule has 0 saturated carbocycles. The third kappa shape index (κ3) is 10.8. The maximum Gasteiger partial charge on any atom is 0.135 e. The highest BCUT2D eigenvalue weighted by Gasteiger charge is 2.51. The Morgan fingerprint density at radius 2 is 0.580 bits per heavy atom. The molecule has 0 aliphatic heterocycles. The molecule has 10 heteroatoms. The minimum atomic E-state index is -1.49. The molecular weight excluding hydrogens is 1390 g/mol. The van der Waals surface area contributed by atoms with E-state index in [4.69, 9.17) is 18.3 Å². The molecule has 2 atom stereocenters.